The first-order valence-corrected chi connectivity index (χ1v) is 22.4. The zero-order chi connectivity index (χ0) is 46.9. The van der Waals surface area contributed by atoms with Crippen LogP contribution in [0.5, 0.6) is 0 Å². The number of carbonyl (C=O) groups is 4. The lowest BCUT2D eigenvalue weighted by Gasteiger charge is -2.44. The zero-order valence-corrected chi connectivity index (χ0v) is 38.5. The van der Waals surface area contributed by atoms with Crippen LogP contribution in [0.25, 0.3) is 21.5 Å². The van der Waals surface area contributed by atoms with Crippen LogP contribution >= 0.6 is 12.2 Å². The fraction of sp³-hybridized carbons (Fsp3) is 0.392. The molecule has 0 radical (unpaired) electrons. The van der Waals surface area contributed by atoms with Gasteiger partial charge in [-0.25, -0.2) is 0 Å². The van der Waals surface area contributed by atoms with Crippen molar-refractivity contribution < 1.29 is 57.4 Å². The van der Waals surface area contributed by atoms with Gasteiger partial charge < -0.3 is 43.6 Å². The summed E-state index contributed by atoms with van der Waals surface area (Å²) in [5, 5.41) is 17.8. The van der Waals surface area contributed by atoms with Crippen LogP contribution in [-0.2, 0) is 72.0 Å². The fourth-order valence-electron chi connectivity index (χ4n) is 8.72. The van der Waals surface area contributed by atoms with Crippen LogP contribution in [0.4, 0.5) is 0 Å². The minimum Gasteiger partial charge on any atom is -0.463 e. The van der Waals surface area contributed by atoms with Crippen molar-refractivity contribution in [2.45, 2.75) is 109 Å². The van der Waals surface area contributed by atoms with Crippen molar-refractivity contribution in [3.63, 3.8) is 0 Å². The van der Waals surface area contributed by atoms with Gasteiger partial charge >= 0.3 is 23.9 Å². The fourth-order valence-corrected chi connectivity index (χ4v) is 8.96. The van der Waals surface area contributed by atoms with Gasteiger partial charge in [0, 0.05) is 65.7 Å². The maximum Gasteiger partial charge on any atom is 0.303 e. The van der Waals surface area contributed by atoms with Crippen LogP contribution in [-0.4, -0.2) is 95.7 Å². The van der Waals surface area contributed by atoms with Gasteiger partial charge in [-0.15, -0.1) is 0 Å². The number of nitrogens with zero attached hydrogens (tertiary/aromatic N) is 1. The van der Waals surface area contributed by atoms with Crippen molar-refractivity contribution in [2.75, 3.05) is 20.2 Å². The van der Waals surface area contributed by atoms with Gasteiger partial charge in [0.2, 0.25) is 0 Å². The molecule has 348 valence electrons. The molecule has 8 atom stereocenters. The number of aliphatic hydroxyl groups is 1. The summed E-state index contributed by atoms with van der Waals surface area (Å²) >= 11 is 5.74. The average molecular weight is 921 g/mol. The number of esters is 4. The van der Waals surface area contributed by atoms with E-state index in [2.05, 4.69) is 71.9 Å². The monoisotopic (exact) mass is 920 g/mol. The van der Waals surface area contributed by atoms with Crippen molar-refractivity contribution in [1.82, 2.24) is 10.2 Å². The number of thiocarbonyl (C=S) groups is 1. The van der Waals surface area contributed by atoms with Crippen LogP contribution < -0.4 is 5.32 Å². The molecule has 66 heavy (non-hydrogen) atoms. The molecule has 15 heteroatoms. The molecule has 2 fully saturated rings. The summed E-state index contributed by atoms with van der Waals surface area (Å²) < 4.78 is 41.5. The molecule has 0 aromatic heterocycles. The maximum absolute atomic E-state index is 12.3. The van der Waals surface area contributed by atoms with E-state index >= 15 is 0 Å². The predicted octanol–water partition coefficient (Wildman–Crippen LogP) is 7.10. The Morgan fingerprint density at radius 2 is 1.26 bits per heavy atom. The minimum absolute atomic E-state index is 0.0173. The highest BCUT2D eigenvalue weighted by atomic mass is 32.1. The van der Waals surface area contributed by atoms with Gasteiger partial charge in [-0.1, -0.05) is 109 Å². The first-order chi connectivity index (χ1) is 31.7. The predicted molar refractivity (Wildman–Crippen MR) is 249 cm³/mol. The summed E-state index contributed by atoms with van der Waals surface area (Å²) in [4.78, 5) is 51.1. The Balaban J connectivity index is 1.04. The van der Waals surface area contributed by atoms with E-state index in [9.17, 15) is 24.3 Å². The Bertz CT molecular complexity index is 2460. The molecule has 5 aromatic carbocycles. The van der Waals surface area contributed by atoms with Crippen molar-refractivity contribution in [3.05, 3.63) is 131 Å². The standard InChI is InChI=1S/C51H56N2O12S/c1-30(55)59-29-46-49(61-32(3)57)50(62-33(4)58)48(60-31(2)56)45(64-46)24-47(66)52-25-34-14-20-37(21-15-34)51-63-40(23-44(65-51)36-18-16-35(28-54)17-19-36)26-53(5)27-43-41-12-8-6-10-38(41)22-39-11-7-9-13-42(39)43/h6-22,40,44-46,48-51,54H,23-29H2,1-5H3,(H,52,66). The van der Waals surface area contributed by atoms with Gasteiger partial charge in [-0.2, -0.15) is 0 Å². The van der Waals surface area contributed by atoms with Crippen LogP contribution in [0, 0.1) is 0 Å². The molecule has 2 heterocycles. The van der Waals surface area contributed by atoms with Gasteiger partial charge in [0.15, 0.2) is 24.6 Å². The average Bonchev–Trinajstić information content (AvgIpc) is 3.29. The Kier molecular flexibility index (Phi) is 16.1. The highest BCUT2D eigenvalue weighted by molar-refractivity contribution is 7.80. The summed E-state index contributed by atoms with van der Waals surface area (Å²) in [6.45, 7) is 6.09. The zero-order valence-electron chi connectivity index (χ0n) is 37.7. The highest BCUT2D eigenvalue weighted by Gasteiger charge is 2.52. The largest absolute Gasteiger partial charge is 0.463 e. The molecule has 0 bridgehead atoms. The van der Waals surface area contributed by atoms with Crippen LogP contribution in [0.2, 0.25) is 0 Å². The Morgan fingerprint density at radius 3 is 1.85 bits per heavy atom. The summed E-state index contributed by atoms with van der Waals surface area (Å²) in [7, 11) is 2.12. The number of carbonyl (C=O) groups excluding carboxylic acids is 4. The van der Waals surface area contributed by atoms with E-state index in [1.165, 1.54) is 54.8 Å². The molecule has 8 unspecified atom stereocenters. The van der Waals surface area contributed by atoms with Crippen LogP contribution in [0.15, 0.2) is 103 Å². The molecular formula is C51H56N2O12S. The first-order valence-electron chi connectivity index (χ1n) is 22.0. The third kappa shape index (κ3) is 12.3. The van der Waals surface area contributed by atoms with E-state index in [1.54, 1.807) is 0 Å². The third-order valence-electron chi connectivity index (χ3n) is 11.7. The molecule has 0 amide bonds. The molecule has 0 spiro atoms. The summed E-state index contributed by atoms with van der Waals surface area (Å²) in [6, 6.07) is 34.9. The molecule has 7 rings (SSSR count). The van der Waals surface area contributed by atoms with E-state index in [0.717, 1.165) is 28.8 Å². The SMILES string of the molecule is CC(=O)OCC1OC(CC(=S)NCc2ccc(C3OC(CN(C)Cc4c5ccccc5cc5ccccc45)CC(c4ccc(CO)cc4)O3)cc2)C(OC(C)=O)C(OC(C)=O)C1OC(C)=O. The summed E-state index contributed by atoms with van der Waals surface area (Å²) in [6.07, 6.45) is -6.23. The highest BCUT2D eigenvalue weighted by Crippen LogP contribution is 2.39. The normalized spacial score (nSPS) is 23.0. The van der Waals surface area contributed by atoms with Crippen LogP contribution in [0.1, 0.15) is 80.7 Å². The topological polar surface area (TPSA) is 168 Å². The molecule has 2 aliphatic heterocycles. The first kappa shape index (κ1) is 48.1. The molecule has 2 saturated heterocycles. The number of rotatable bonds is 16. The number of likely N-dealkylation sites (N-methyl/N-ethyl adjacent to an activating group) is 1. The Labute approximate surface area is 389 Å². The number of aliphatic hydroxyl groups excluding tert-OH is 1. The van der Waals surface area contributed by atoms with Gasteiger partial charge in [0.25, 0.3) is 0 Å². The molecule has 0 saturated carbocycles. The number of benzene rings is 5. The molecule has 0 aliphatic carbocycles. The van der Waals surface area contributed by atoms with Crippen LogP contribution in [0.3, 0.4) is 0 Å². The van der Waals surface area contributed by atoms with Crippen molar-refractivity contribution in [2.24, 2.45) is 0 Å². The van der Waals surface area contributed by atoms with E-state index in [-0.39, 0.29) is 31.8 Å². The Morgan fingerprint density at radius 1 is 0.697 bits per heavy atom. The number of hydrogen-bond donors (Lipinski definition) is 2. The van der Waals surface area contributed by atoms with E-state index in [1.807, 2.05) is 48.5 Å². The smallest absolute Gasteiger partial charge is 0.303 e. The lowest BCUT2D eigenvalue weighted by molar-refractivity contribution is -0.252. The molecule has 14 nitrogen and oxygen atoms in total. The Hall–Kier alpha value is -5.81. The van der Waals surface area contributed by atoms with Gasteiger partial charge in [0.1, 0.15) is 18.8 Å². The van der Waals surface area contributed by atoms with Gasteiger partial charge in [-0.3, -0.25) is 24.1 Å². The third-order valence-corrected chi connectivity index (χ3v) is 12.0. The molecule has 2 N–H and O–H groups in total. The summed E-state index contributed by atoms with van der Waals surface area (Å²) in [5.74, 6) is -2.71. The maximum atomic E-state index is 12.3. The van der Waals surface area contributed by atoms with Gasteiger partial charge in [0.05, 0.1) is 23.8 Å². The molecule has 5 aromatic rings. The second kappa shape index (κ2) is 22.1. The second-order valence-electron chi connectivity index (χ2n) is 16.8. The number of ether oxygens (including phenoxy) is 7. The number of hydrogen-bond acceptors (Lipinski definition) is 14. The van der Waals surface area contributed by atoms with E-state index in [0.29, 0.717) is 24.5 Å². The molecular weight excluding hydrogens is 865 g/mol. The molecule has 2 aliphatic rings. The van der Waals surface area contributed by atoms with Crippen molar-refractivity contribution >= 4 is 62.6 Å². The number of nitrogens with one attached hydrogen (secondary N) is 1. The lowest BCUT2D eigenvalue weighted by Crippen LogP contribution is -2.62. The van der Waals surface area contributed by atoms with E-state index < -0.39 is 60.7 Å². The summed E-state index contributed by atoms with van der Waals surface area (Å²) in [5.41, 5.74) is 4.82. The second-order valence-corrected chi connectivity index (χ2v) is 17.3. The van der Waals surface area contributed by atoms with Gasteiger partial charge in [-0.05, 0) is 56.9 Å². The number of fused-ring (bicyclic) bond motifs is 2. The van der Waals surface area contributed by atoms with Crippen molar-refractivity contribution in [1.29, 1.82) is 0 Å². The van der Waals surface area contributed by atoms with E-state index in [4.69, 9.17) is 45.4 Å². The quantitative estimate of drug-likeness (QED) is 0.0445. The lowest BCUT2D eigenvalue weighted by atomic mass is 9.92. The van der Waals surface area contributed by atoms with Crippen molar-refractivity contribution in [3.8, 4) is 0 Å². The minimum atomic E-state index is -1.28.